The molecule has 4 heterocycles. The lowest BCUT2D eigenvalue weighted by Crippen LogP contribution is -2.44. The van der Waals surface area contributed by atoms with E-state index in [1.807, 2.05) is 6.07 Å². The van der Waals surface area contributed by atoms with E-state index in [1.165, 1.54) is 21.5 Å². The van der Waals surface area contributed by atoms with Gasteiger partial charge in [-0.15, -0.1) is 0 Å². The number of halogens is 2. The number of fused-ring (bicyclic) bond motifs is 3. The minimum atomic E-state index is -0.585. The molecule has 35 heavy (non-hydrogen) atoms. The van der Waals surface area contributed by atoms with Gasteiger partial charge in [-0.25, -0.2) is 19.2 Å². The van der Waals surface area contributed by atoms with Gasteiger partial charge in [-0.3, -0.25) is 9.47 Å². The van der Waals surface area contributed by atoms with Crippen LogP contribution in [-0.2, 0) is 17.8 Å². The number of hydrogen-bond acceptors (Lipinski definition) is 7. The quantitative estimate of drug-likeness (QED) is 0.401. The topological polar surface area (TPSA) is 86.8 Å². The molecule has 0 aliphatic carbocycles. The van der Waals surface area contributed by atoms with Crippen molar-refractivity contribution in [1.82, 2.24) is 29.0 Å². The molecule has 1 aliphatic rings. The van der Waals surface area contributed by atoms with Crippen LogP contribution in [0.15, 0.2) is 35.5 Å². The highest BCUT2D eigenvalue weighted by atomic mass is 35.5. The number of ether oxygens (including phenoxy) is 2. The summed E-state index contributed by atoms with van der Waals surface area (Å²) in [7, 11) is 0. The fraction of sp³-hybridized carbons (Fsp3) is 0.417. The molecular weight excluding hydrogens is 475 g/mol. The van der Waals surface area contributed by atoms with E-state index in [9.17, 15) is 9.18 Å². The minimum absolute atomic E-state index is 0.00336. The maximum atomic E-state index is 14.6. The van der Waals surface area contributed by atoms with Crippen LogP contribution in [0.4, 0.5) is 4.39 Å². The van der Waals surface area contributed by atoms with Crippen LogP contribution >= 0.6 is 11.6 Å². The lowest BCUT2D eigenvalue weighted by Gasteiger charge is -2.35. The predicted molar refractivity (Wildman–Crippen MR) is 130 cm³/mol. The zero-order valence-electron chi connectivity index (χ0n) is 19.7. The summed E-state index contributed by atoms with van der Waals surface area (Å²) in [6, 6.07) is 4.89. The predicted octanol–water partition coefficient (Wildman–Crippen LogP) is 3.29. The van der Waals surface area contributed by atoms with Crippen LogP contribution in [0.5, 0.6) is 5.75 Å². The lowest BCUT2D eigenvalue weighted by molar-refractivity contribution is -0.0705. The highest BCUT2D eigenvalue weighted by Crippen LogP contribution is 2.30. The Hall–Kier alpha value is -3.08. The van der Waals surface area contributed by atoms with Crippen molar-refractivity contribution in [3.63, 3.8) is 0 Å². The largest absolute Gasteiger partial charge is 0.489 e. The molecule has 2 atom stereocenters. The third kappa shape index (κ3) is 4.61. The van der Waals surface area contributed by atoms with Crippen molar-refractivity contribution in [2.75, 3.05) is 19.7 Å². The Morgan fingerprint density at radius 3 is 2.60 bits per heavy atom. The standard InChI is InChI=1S/C24H26ClFN6O3/c1-4-34-21-19(25)6-16(7-20(21)26)12-31-22-18(23-28-13-29-32(23)24(31)33)5-17(8-27-22)11-30-9-14(2)35-15(3)10-30/h5-8,13-15H,4,9-12H2,1-3H3. The summed E-state index contributed by atoms with van der Waals surface area (Å²) in [5.74, 6) is -0.589. The number of aromatic nitrogens is 5. The number of pyridine rings is 1. The van der Waals surface area contributed by atoms with Gasteiger partial charge in [0.2, 0.25) is 0 Å². The molecular formula is C24H26ClFN6O3. The first-order valence-corrected chi connectivity index (χ1v) is 11.9. The van der Waals surface area contributed by atoms with Gasteiger partial charge in [0.15, 0.2) is 17.2 Å². The number of benzene rings is 1. The normalized spacial score (nSPS) is 19.0. The molecule has 0 radical (unpaired) electrons. The molecule has 11 heteroatoms. The van der Waals surface area contributed by atoms with Crippen LogP contribution in [-0.4, -0.2) is 61.0 Å². The van der Waals surface area contributed by atoms with Crippen LogP contribution in [0.2, 0.25) is 5.02 Å². The molecule has 0 bridgehead atoms. The van der Waals surface area contributed by atoms with Gasteiger partial charge in [0.25, 0.3) is 0 Å². The highest BCUT2D eigenvalue weighted by Gasteiger charge is 2.23. The molecule has 1 saturated heterocycles. The summed E-state index contributed by atoms with van der Waals surface area (Å²) >= 11 is 6.24. The third-order valence-corrected chi connectivity index (χ3v) is 6.25. The smallest absolute Gasteiger partial charge is 0.352 e. The summed E-state index contributed by atoms with van der Waals surface area (Å²) in [5.41, 5.74) is 1.93. The van der Waals surface area contributed by atoms with E-state index in [4.69, 9.17) is 21.1 Å². The molecule has 1 fully saturated rings. The van der Waals surface area contributed by atoms with Crippen molar-refractivity contribution in [1.29, 1.82) is 0 Å². The summed E-state index contributed by atoms with van der Waals surface area (Å²) in [6.45, 7) is 8.57. The Kier molecular flexibility index (Phi) is 6.43. The fourth-order valence-corrected chi connectivity index (χ4v) is 5.00. The van der Waals surface area contributed by atoms with E-state index in [0.29, 0.717) is 28.8 Å². The Balaban J connectivity index is 1.55. The Morgan fingerprint density at radius 1 is 1.11 bits per heavy atom. The van der Waals surface area contributed by atoms with Gasteiger partial charge in [0.1, 0.15) is 12.0 Å². The molecule has 2 unspecified atom stereocenters. The van der Waals surface area contributed by atoms with E-state index >= 15 is 0 Å². The van der Waals surface area contributed by atoms with Gasteiger partial charge >= 0.3 is 5.69 Å². The monoisotopic (exact) mass is 500 g/mol. The van der Waals surface area contributed by atoms with E-state index < -0.39 is 11.5 Å². The van der Waals surface area contributed by atoms with Gasteiger partial charge in [0, 0.05) is 25.8 Å². The summed E-state index contributed by atoms with van der Waals surface area (Å²) < 4.78 is 28.4. The van der Waals surface area contributed by atoms with Crippen molar-refractivity contribution in [3.05, 3.63) is 63.2 Å². The van der Waals surface area contributed by atoms with E-state index in [2.05, 4.69) is 33.8 Å². The molecule has 3 aromatic heterocycles. The molecule has 0 N–H and O–H groups in total. The molecule has 0 saturated carbocycles. The first kappa shape index (κ1) is 23.7. The molecule has 1 aliphatic heterocycles. The first-order chi connectivity index (χ1) is 16.8. The molecule has 0 spiro atoms. The number of rotatable bonds is 6. The van der Waals surface area contributed by atoms with Gasteiger partial charge in [-0.05, 0) is 50.1 Å². The second-order valence-electron chi connectivity index (χ2n) is 8.85. The molecule has 0 amide bonds. The molecule has 184 valence electrons. The maximum Gasteiger partial charge on any atom is 0.352 e. The summed E-state index contributed by atoms with van der Waals surface area (Å²) in [6.07, 6.45) is 3.41. The SMILES string of the molecule is CCOc1c(F)cc(Cn2c(=O)n3ncnc3c3cc(CN4CC(C)OC(C)C4)cnc32)cc1Cl. The number of nitrogens with zero attached hydrogens (tertiary/aromatic N) is 6. The lowest BCUT2D eigenvalue weighted by atomic mass is 10.1. The van der Waals surface area contributed by atoms with Gasteiger partial charge in [-0.1, -0.05) is 11.6 Å². The average molecular weight is 501 g/mol. The summed E-state index contributed by atoms with van der Waals surface area (Å²) in [5, 5.41) is 4.94. The minimum Gasteiger partial charge on any atom is -0.489 e. The molecule has 1 aromatic carbocycles. The van der Waals surface area contributed by atoms with Gasteiger partial charge < -0.3 is 9.47 Å². The second-order valence-corrected chi connectivity index (χ2v) is 9.26. The zero-order chi connectivity index (χ0) is 24.7. The number of hydrogen-bond donors (Lipinski definition) is 0. The summed E-state index contributed by atoms with van der Waals surface area (Å²) in [4.78, 5) is 24.5. The van der Waals surface area contributed by atoms with Crippen molar-refractivity contribution in [2.24, 2.45) is 0 Å². The molecule has 9 nitrogen and oxygen atoms in total. The molecule has 4 aromatic rings. The maximum absolute atomic E-state index is 14.6. The average Bonchev–Trinajstić information content (AvgIpc) is 3.29. The van der Waals surface area contributed by atoms with Crippen LogP contribution in [0.1, 0.15) is 31.9 Å². The van der Waals surface area contributed by atoms with Crippen molar-refractivity contribution < 1.29 is 13.9 Å². The van der Waals surface area contributed by atoms with E-state index in [1.54, 1.807) is 19.2 Å². The third-order valence-electron chi connectivity index (χ3n) is 5.97. The van der Waals surface area contributed by atoms with Gasteiger partial charge in [0.05, 0.1) is 35.8 Å². The number of morpholine rings is 1. The van der Waals surface area contributed by atoms with Crippen molar-refractivity contribution in [3.8, 4) is 5.75 Å². The Bertz CT molecular complexity index is 1420. The fourth-order valence-electron chi connectivity index (χ4n) is 4.72. The molecule has 5 rings (SSSR count). The van der Waals surface area contributed by atoms with Crippen LogP contribution in [0.3, 0.4) is 0 Å². The first-order valence-electron chi connectivity index (χ1n) is 11.5. The van der Waals surface area contributed by atoms with Crippen molar-refractivity contribution >= 4 is 28.3 Å². The second kappa shape index (κ2) is 9.52. The Morgan fingerprint density at radius 2 is 1.89 bits per heavy atom. The van der Waals surface area contributed by atoms with Crippen LogP contribution in [0, 0.1) is 5.82 Å². The van der Waals surface area contributed by atoms with E-state index in [-0.39, 0.29) is 36.1 Å². The van der Waals surface area contributed by atoms with Crippen molar-refractivity contribution in [2.45, 2.75) is 46.1 Å². The van der Waals surface area contributed by atoms with E-state index in [0.717, 1.165) is 18.7 Å². The van der Waals surface area contributed by atoms with Crippen LogP contribution in [0.25, 0.3) is 16.7 Å². The van der Waals surface area contributed by atoms with Gasteiger partial charge in [-0.2, -0.15) is 9.61 Å². The zero-order valence-corrected chi connectivity index (χ0v) is 20.5. The van der Waals surface area contributed by atoms with Crippen LogP contribution < -0.4 is 10.4 Å². The highest BCUT2D eigenvalue weighted by molar-refractivity contribution is 6.32. The Labute approximate surface area is 206 Å².